The zero-order valence-electron chi connectivity index (χ0n) is 9.01. The van der Waals surface area contributed by atoms with Crippen LogP contribution in [0.2, 0.25) is 0 Å². The monoisotopic (exact) mass is 229 g/mol. The van der Waals surface area contributed by atoms with Crippen molar-refractivity contribution in [3.05, 3.63) is 29.8 Å². The van der Waals surface area contributed by atoms with E-state index in [1.165, 1.54) is 12.1 Å². The molecule has 1 aromatic rings. The Kier molecular flexibility index (Phi) is 2.82. The molecule has 1 aliphatic rings. The lowest BCUT2D eigenvalue weighted by Gasteiger charge is -2.18. The molecule has 0 aliphatic heterocycles. The Bertz CT molecular complexity index is 369. The van der Waals surface area contributed by atoms with Crippen molar-refractivity contribution in [2.75, 3.05) is 5.32 Å². The third-order valence-electron chi connectivity index (χ3n) is 2.94. The number of hydrogen-bond acceptors (Lipinski definition) is 1. The number of alkyl halides is 3. The van der Waals surface area contributed by atoms with E-state index in [9.17, 15) is 13.2 Å². The molecule has 0 heterocycles. The molecule has 0 spiro atoms. The quantitative estimate of drug-likeness (QED) is 0.828. The van der Waals surface area contributed by atoms with Crippen LogP contribution in [0.15, 0.2) is 24.3 Å². The summed E-state index contributed by atoms with van der Waals surface area (Å²) in [7, 11) is 0. The predicted molar refractivity (Wildman–Crippen MR) is 57.3 cm³/mol. The van der Waals surface area contributed by atoms with E-state index in [1.54, 1.807) is 6.07 Å². The summed E-state index contributed by atoms with van der Waals surface area (Å²) in [5.74, 6) is 0.529. The van der Waals surface area contributed by atoms with Crippen LogP contribution in [0.25, 0.3) is 0 Å². The molecule has 0 amide bonds. The fourth-order valence-electron chi connectivity index (χ4n) is 1.82. The molecule has 0 bridgehead atoms. The number of halogens is 3. The molecule has 1 unspecified atom stereocenters. The molecule has 88 valence electrons. The molecule has 1 atom stereocenters. The third-order valence-corrected chi connectivity index (χ3v) is 2.94. The van der Waals surface area contributed by atoms with Crippen molar-refractivity contribution in [3.8, 4) is 0 Å². The van der Waals surface area contributed by atoms with Gasteiger partial charge in [0.1, 0.15) is 0 Å². The number of para-hydroxylation sites is 1. The SMILES string of the molecule is CC(Nc1ccccc1C(F)(F)F)C1CC1. The molecule has 1 saturated carbocycles. The van der Waals surface area contributed by atoms with E-state index in [-0.39, 0.29) is 11.7 Å². The second kappa shape index (κ2) is 4.00. The van der Waals surface area contributed by atoms with Crippen LogP contribution >= 0.6 is 0 Å². The van der Waals surface area contributed by atoms with Gasteiger partial charge in [-0.15, -0.1) is 0 Å². The molecule has 16 heavy (non-hydrogen) atoms. The first-order chi connectivity index (χ1) is 7.48. The van der Waals surface area contributed by atoms with Gasteiger partial charge in [0.15, 0.2) is 0 Å². The maximum atomic E-state index is 12.7. The lowest BCUT2D eigenvalue weighted by Crippen LogP contribution is -2.20. The van der Waals surface area contributed by atoms with Crippen molar-refractivity contribution in [2.45, 2.75) is 32.0 Å². The highest BCUT2D eigenvalue weighted by molar-refractivity contribution is 5.53. The number of benzene rings is 1. The van der Waals surface area contributed by atoms with Gasteiger partial charge in [-0.2, -0.15) is 13.2 Å². The standard InChI is InChI=1S/C12H14F3N/c1-8(9-6-7-9)16-11-5-3-2-4-10(11)12(13,14)15/h2-5,8-9,16H,6-7H2,1H3. The molecule has 1 N–H and O–H groups in total. The molecule has 0 aromatic heterocycles. The lowest BCUT2D eigenvalue weighted by atomic mass is 10.1. The van der Waals surface area contributed by atoms with Crippen LogP contribution in [0, 0.1) is 5.92 Å². The third kappa shape index (κ3) is 2.49. The van der Waals surface area contributed by atoms with Crippen LogP contribution in [0.5, 0.6) is 0 Å². The van der Waals surface area contributed by atoms with Crippen molar-refractivity contribution in [1.82, 2.24) is 0 Å². The smallest absolute Gasteiger partial charge is 0.382 e. The highest BCUT2D eigenvalue weighted by Gasteiger charge is 2.34. The zero-order chi connectivity index (χ0) is 11.8. The fraction of sp³-hybridized carbons (Fsp3) is 0.500. The van der Waals surface area contributed by atoms with Crippen LogP contribution in [-0.2, 0) is 6.18 Å². The van der Waals surface area contributed by atoms with Gasteiger partial charge in [0.2, 0.25) is 0 Å². The van der Waals surface area contributed by atoms with Gasteiger partial charge in [-0.05, 0) is 37.8 Å². The number of nitrogens with one attached hydrogen (secondary N) is 1. The summed E-state index contributed by atoms with van der Waals surface area (Å²) < 4.78 is 38.0. The molecule has 1 aromatic carbocycles. The first kappa shape index (κ1) is 11.3. The van der Waals surface area contributed by atoms with Crippen LogP contribution in [-0.4, -0.2) is 6.04 Å². The van der Waals surface area contributed by atoms with Crippen LogP contribution in [0.3, 0.4) is 0 Å². The summed E-state index contributed by atoms with van der Waals surface area (Å²) in [6.07, 6.45) is -2.06. The van der Waals surface area contributed by atoms with E-state index in [0.29, 0.717) is 5.92 Å². The summed E-state index contributed by atoms with van der Waals surface area (Å²) in [6.45, 7) is 1.94. The second-order valence-corrected chi connectivity index (χ2v) is 4.31. The minimum absolute atomic E-state index is 0.114. The minimum Gasteiger partial charge on any atom is -0.382 e. The van der Waals surface area contributed by atoms with E-state index in [4.69, 9.17) is 0 Å². The summed E-state index contributed by atoms with van der Waals surface area (Å²) >= 11 is 0. The number of rotatable bonds is 3. The summed E-state index contributed by atoms with van der Waals surface area (Å²) in [5, 5.41) is 2.96. The fourth-order valence-corrected chi connectivity index (χ4v) is 1.82. The highest BCUT2D eigenvalue weighted by atomic mass is 19.4. The number of anilines is 1. The van der Waals surface area contributed by atoms with Gasteiger partial charge in [0, 0.05) is 11.7 Å². The van der Waals surface area contributed by atoms with Gasteiger partial charge < -0.3 is 5.32 Å². The Balaban J connectivity index is 2.19. The van der Waals surface area contributed by atoms with Gasteiger partial charge in [-0.1, -0.05) is 12.1 Å². The summed E-state index contributed by atoms with van der Waals surface area (Å²) in [4.78, 5) is 0. The Morgan fingerprint density at radius 3 is 2.44 bits per heavy atom. The molecule has 4 heteroatoms. The Labute approximate surface area is 92.7 Å². The topological polar surface area (TPSA) is 12.0 Å². The Morgan fingerprint density at radius 1 is 1.25 bits per heavy atom. The molecule has 0 radical (unpaired) electrons. The second-order valence-electron chi connectivity index (χ2n) is 4.31. The van der Waals surface area contributed by atoms with Crippen molar-refractivity contribution >= 4 is 5.69 Å². The van der Waals surface area contributed by atoms with Gasteiger partial charge >= 0.3 is 6.18 Å². The molecule has 0 saturated heterocycles. The average molecular weight is 229 g/mol. The average Bonchev–Trinajstić information content (AvgIpc) is 2.99. The minimum atomic E-state index is -4.28. The molecule has 2 rings (SSSR count). The molecule has 1 nitrogen and oxygen atoms in total. The largest absolute Gasteiger partial charge is 0.418 e. The molecule has 1 aliphatic carbocycles. The first-order valence-corrected chi connectivity index (χ1v) is 5.41. The lowest BCUT2D eigenvalue weighted by molar-refractivity contribution is -0.137. The van der Waals surface area contributed by atoms with E-state index >= 15 is 0 Å². The van der Waals surface area contributed by atoms with Gasteiger partial charge in [0.05, 0.1) is 5.56 Å². The van der Waals surface area contributed by atoms with Gasteiger partial charge in [0.25, 0.3) is 0 Å². The Hall–Kier alpha value is -1.19. The van der Waals surface area contributed by atoms with Crippen LogP contribution in [0.1, 0.15) is 25.3 Å². The van der Waals surface area contributed by atoms with Crippen molar-refractivity contribution in [3.63, 3.8) is 0 Å². The molecular formula is C12H14F3N. The van der Waals surface area contributed by atoms with Crippen LogP contribution < -0.4 is 5.32 Å². The summed E-state index contributed by atoms with van der Waals surface area (Å²) in [6, 6.07) is 5.75. The molecule has 1 fully saturated rings. The van der Waals surface area contributed by atoms with Gasteiger partial charge in [-0.25, -0.2) is 0 Å². The Morgan fingerprint density at radius 2 is 1.88 bits per heavy atom. The van der Waals surface area contributed by atoms with Crippen molar-refractivity contribution < 1.29 is 13.2 Å². The van der Waals surface area contributed by atoms with E-state index in [1.807, 2.05) is 6.92 Å². The maximum Gasteiger partial charge on any atom is 0.418 e. The molecular weight excluding hydrogens is 215 g/mol. The van der Waals surface area contributed by atoms with E-state index in [0.717, 1.165) is 18.9 Å². The first-order valence-electron chi connectivity index (χ1n) is 5.41. The number of hydrogen-bond donors (Lipinski definition) is 1. The van der Waals surface area contributed by atoms with E-state index < -0.39 is 11.7 Å². The van der Waals surface area contributed by atoms with Crippen molar-refractivity contribution in [1.29, 1.82) is 0 Å². The maximum absolute atomic E-state index is 12.7. The van der Waals surface area contributed by atoms with Gasteiger partial charge in [-0.3, -0.25) is 0 Å². The van der Waals surface area contributed by atoms with E-state index in [2.05, 4.69) is 5.32 Å². The van der Waals surface area contributed by atoms with Crippen LogP contribution in [0.4, 0.5) is 18.9 Å². The predicted octanol–water partition coefficient (Wildman–Crippen LogP) is 3.92. The summed E-state index contributed by atoms with van der Waals surface area (Å²) in [5.41, 5.74) is -0.392. The van der Waals surface area contributed by atoms with Crippen molar-refractivity contribution in [2.24, 2.45) is 5.92 Å². The highest BCUT2D eigenvalue weighted by Crippen LogP contribution is 2.38. The normalized spacial score (nSPS) is 18.2. The zero-order valence-corrected chi connectivity index (χ0v) is 9.01.